The van der Waals surface area contributed by atoms with E-state index < -0.39 is 0 Å². The summed E-state index contributed by atoms with van der Waals surface area (Å²) in [6, 6.07) is 11.6. The molecule has 19 heavy (non-hydrogen) atoms. The molecular weight excluding hydrogens is 232 g/mol. The van der Waals surface area contributed by atoms with Gasteiger partial charge in [-0.15, -0.1) is 0 Å². The van der Waals surface area contributed by atoms with E-state index in [9.17, 15) is 0 Å². The molecule has 0 aliphatic carbocycles. The Morgan fingerprint density at radius 2 is 2.05 bits per heavy atom. The third-order valence-electron chi connectivity index (χ3n) is 4.24. The van der Waals surface area contributed by atoms with Gasteiger partial charge in [-0.3, -0.25) is 0 Å². The first-order chi connectivity index (χ1) is 9.29. The molecule has 1 saturated heterocycles. The van der Waals surface area contributed by atoms with Crippen molar-refractivity contribution in [2.45, 2.75) is 45.1 Å². The predicted molar refractivity (Wildman–Crippen MR) is 82.6 cm³/mol. The molecule has 106 valence electrons. The van der Waals surface area contributed by atoms with Gasteiger partial charge >= 0.3 is 0 Å². The van der Waals surface area contributed by atoms with E-state index in [2.05, 4.69) is 54.4 Å². The quantitative estimate of drug-likeness (QED) is 0.844. The number of hydrogen-bond acceptors (Lipinski definition) is 2. The molecule has 2 atom stereocenters. The second-order valence-corrected chi connectivity index (χ2v) is 5.81. The maximum absolute atomic E-state index is 3.66. The highest BCUT2D eigenvalue weighted by atomic mass is 15.1. The molecule has 0 bridgehead atoms. The monoisotopic (exact) mass is 260 g/mol. The van der Waals surface area contributed by atoms with Crippen LogP contribution in [-0.4, -0.2) is 37.1 Å². The molecule has 1 aromatic carbocycles. The van der Waals surface area contributed by atoms with Crippen molar-refractivity contribution < 1.29 is 0 Å². The molecule has 1 heterocycles. The molecular formula is C17H28N2. The second-order valence-electron chi connectivity index (χ2n) is 5.81. The first-order valence-electron chi connectivity index (χ1n) is 7.80. The second kappa shape index (κ2) is 7.66. The van der Waals surface area contributed by atoms with Gasteiger partial charge in [0.25, 0.3) is 0 Å². The van der Waals surface area contributed by atoms with Crippen LogP contribution in [0.15, 0.2) is 30.3 Å². The predicted octanol–water partition coefficient (Wildman–Crippen LogP) is 3.25. The lowest BCUT2D eigenvalue weighted by Crippen LogP contribution is -2.44. The lowest BCUT2D eigenvalue weighted by Gasteiger charge is -2.31. The molecule has 0 saturated carbocycles. The van der Waals surface area contributed by atoms with Crippen LogP contribution in [0.5, 0.6) is 0 Å². The van der Waals surface area contributed by atoms with Crippen molar-refractivity contribution in [2.24, 2.45) is 0 Å². The van der Waals surface area contributed by atoms with E-state index in [0.717, 1.165) is 6.54 Å². The Morgan fingerprint density at radius 1 is 1.26 bits per heavy atom. The van der Waals surface area contributed by atoms with E-state index >= 15 is 0 Å². The van der Waals surface area contributed by atoms with Crippen LogP contribution < -0.4 is 5.32 Å². The van der Waals surface area contributed by atoms with Crippen molar-refractivity contribution >= 4 is 0 Å². The summed E-state index contributed by atoms with van der Waals surface area (Å²) in [7, 11) is 0. The fourth-order valence-electron chi connectivity index (χ4n) is 3.00. The van der Waals surface area contributed by atoms with Gasteiger partial charge in [0.15, 0.2) is 0 Å². The lowest BCUT2D eigenvalue weighted by atomic mass is 9.99. The van der Waals surface area contributed by atoms with E-state index in [0.29, 0.717) is 12.0 Å². The standard InChI is InChI=1S/C17H28N2/c1-3-19(14-17-11-7-8-12-18-17)13-15(2)16-9-5-4-6-10-16/h4-6,9-10,15,17-18H,3,7-8,11-14H2,1-2H3. The molecule has 1 aliphatic rings. The van der Waals surface area contributed by atoms with Gasteiger partial charge in [0, 0.05) is 19.1 Å². The Bertz CT molecular complexity index is 344. The Balaban J connectivity index is 1.84. The van der Waals surface area contributed by atoms with E-state index in [4.69, 9.17) is 0 Å². The van der Waals surface area contributed by atoms with E-state index in [1.165, 1.54) is 44.5 Å². The lowest BCUT2D eigenvalue weighted by molar-refractivity contribution is 0.224. The number of nitrogens with one attached hydrogen (secondary N) is 1. The minimum Gasteiger partial charge on any atom is -0.313 e. The highest BCUT2D eigenvalue weighted by molar-refractivity contribution is 5.19. The van der Waals surface area contributed by atoms with Crippen LogP contribution >= 0.6 is 0 Å². The Labute approximate surface area is 118 Å². The van der Waals surface area contributed by atoms with Gasteiger partial charge in [0.1, 0.15) is 0 Å². The number of piperidine rings is 1. The van der Waals surface area contributed by atoms with Crippen LogP contribution in [0.2, 0.25) is 0 Å². The van der Waals surface area contributed by atoms with Gasteiger partial charge in [0.05, 0.1) is 0 Å². The zero-order valence-corrected chi connectivity index (χ0v) is 12.4. The SMILES string of the molecule is CCN(CC1CCCCN1)CC(C)c1ccccc1. The smallest absolute Gasteiger partial charge is 0.0195 e. The maximum atomic E-state index is 3.66. The summed E-state index contributed by atoms with van der Waals surface area (Å²) in [4.78, 5) is 2.60. The van der Waals surface area contributed by atoms with Crippen molar-refractivity contribution in [3.8, 4) is 0 Å². The molecule has 0 amide bonds. The molecule has 2 unspecified atom stereocenters. The number of hydrogen-bond donors (Lipinski definition) is 1. The normalized spacial score (nSPS) is 21.5. The number of benzene rings is 1. The summed E-state index contributed by atoms with van der Waals surface area (Å²) in [6.45, 7) is 9.34. The van der Waals surface area contributed by atoms with Crippen LogP contribution in [0.25, 0.3) is 0 Å². The van der Waals surface area contributed by atoms with Gasteiger partial charge in [-0.05, 0) is 37.4 Å². The highest BCUT2D eigenvalue weighted by Gasteiger charge is 2.17. The molecule has 0 aromatic heterocycles. The van der Waals surface area contributed by atoms with Crippen molar-refractivity contribution in [1.82, 2.24) is 10.2 Å². The maximum Gasteiger partial charge on any atom is 0.0195 e. The van der Waals surface area contributed by atoms with Gasteiger partial charge < -0.3 is 10.2 Å². The number of likely N-dealkylation sites (N-methyl/N-ethyl adjacent to an activating group) is 1. The summed E-state index contributed by atoms with van der Waals surface area (Å²) < 4.78 is 0. The summed E-state index contributed by atoms with van der Waals surface area (Å²) >= 11 is 0. The molecule has 2 nitrogen and oxygen atoms in total. The fourth-order valence-corrected chi connectivity index (χ4v) is 3.00. The summed E-state index contributed by atoms with van der Waals surface area (Å²) in [5.74, 6) is 0.616. The van der Waals surface area contributed by atoms with E-state index in [1.807, 2.05) is 0 Å². The van der Waals surface area contributed by atoms with Crippen LogP contribution in [0, 0.1) is 0 Å². The Kier molecular flexibility index (Phi) is 5.87. The molecule has 0 spiro atoms. The van der Waals surface area contributed by atoms with Gasteiger partial charge in [-0.2, -0.15) is 0 Å². The van der Waals surface area contributed by atoms with Crippen LogP contribution in [-0.2, 0) is 0 Å². The molecule has 1 N–H and O–H groups in total. The van der Waals surface area contributed by atoms with Gasteiger partial charge in [-0.25, -0.2) is 0 Å². The summed E-state index contributed by atoms with van der Waals surface area (Å²) in [5.41, 5.74) is 1.46. The minimum absolute atomic E-state index is 0.616. The highest BCUT2D eigenvalue weighted by Crippen LogP contribution is 2.17. The van der Waals surface area contributed by atoms with Gasteiger partial charge in [0.2, 0.25) is 0 Å². The fraction of sp³-hybridized carbons (Fsp3) is 0.647. The number of nitrogens with zero attached hydrogens (tertiary/aromatic N) is 1. The molecule has 1 aromatic rings. The Morgan fingerprint density at radius 3 is 2.68 bits per heavy atom. The van der Waals surface area contributed by atoms with Crippen LogP contribution in [0.3, 0.4) is 0 Å². The number of rotatable bonds is 6. The molecule has 2 heteroatoms. The molecule has 0 radical (unpaired) electrons. The van der Waals surface area contributed by atoms with E-state index in [-0.39, 0.29) is 0 Å². The largest absolute Gasteiger partial charge is 0.313 e. The first kappa shape index (κ1) is 14.5. The summed E-state index contributed by atoms with van der Waals surface area (Å²) in [5, 5.41) is 3.66. The van der Waals surface area contributed by atoms with Crippen molar-refractivity contribution in [3.63, 3.8) is 0 Å². The Hall–Kier alpha value is -0.860. The third kappa shape index (κ3) is 4.63. The van der Waals surface area contributed by atoms with Gasteiger partial charge in [-0.1, -0.05) is 50.6 Å². The molecule has 1 aliphatic heterocycles. The van der Waals surface area contributed by atoms with Crippen LogP contribution in [0.4, 0.5) is 0 Å². The zero-order chi connectivity index (χ0) is 13.5. The molecule has 1 fully saturated rings. The molecule has 2 rings (SSSR count). The average Bonchev–Trinajstić information content (AvgIpc) is 2.48. The third-order valence-corrected chi connectivity index (χ3v) is 4.24. The van der Waals surface area contributed by atoms with Crippen LogP contribution in [0.1, 0.15) is 44.6 Å². The van der Waals surface area contributed by atoms with Crippen molar-refractivity contribution in [2.75, 3.05) is 26.2 Å². The van der Waals surface area contributed by atoms with Crippen molar-refractivity contribution in [1.29, 1.82) is 0 Å². The average molecular weight is 260 g/mol. The van der Waals surface area contributed by atoms with Crippen molar-refractivity contribution in [3.05, 3.63) is 35.9 Å². The summed E-state index contributed by atoms with van der Waals surface area (Å²) in [6.07, 6.45) is 4.09. The van der Waals surface area contributed by atoms with E-state index in [1.54, 1.807) is 0 Å². The first-order valence-corrected chi connectivity index (χ1v) is 7.80. The topological polar surface area (TPSA) is 15.3 Å². The zero-order valence-electron chi connectivity index (χ0n) is 12.4. The minimum atomic E-state index is 0.616.